The van der Waals surface area contributed by atoms with Gasteiger partial charge in [-0.05, 0) is 34.7 Å². The van der Waals surface area contributed by atoms with E-state index in [0.717, 1.165) is 41.5 Å². The summed E-state index contributed by atoms with van der Waals surface area (Å²) in [5.41, 5.74) is 6.36. The molecule has 0 aliphatic carbocycles. The Morgan fingerprint density at radius 3 is 2.00 bits per heavy atom. The molecule has 2 aliphatic heterocycles. The van der Waals surface area contributed by atoms with Gasteiger partial charge < -0.3 is 14.4 Å². The second-order valence-electron chi connectivity index (χ2n) is 12.8. The minimum Gasteiger partial charge on any atom is -0.350 e. The number of amides is 2. The molecular weight excluding hydrogens is 568 g/mol. The lowest BCUT2D eigenvalue weighted by Gasteiger charge is -2.43. The lowest BCUT2D eigenvalue weighted by Crippen LogP contribution is -2.57. The summed E-state index contributed by atoms with van der Waals surface area (Å²) in [4.78, 5) is 35.5. The van der Waals surface area contributed by atoms with E-state index in [1.54, 1.807) is 0 Å². The maximum atomic E-state index is 14.8. The van der Waals surface area contributed by atoms with Gasteiger partial charge in [0.05, 0.1) is 12.1 Å². The molecule has 6 heteroatoms. The lowest BCUT2D eigenvalue weighted by atomic mass is 9.92. The van der Waals surface area contributed by atoms with Gasteiger partial charge in [-0.25, -0.2) is 0 Å². The Morgan fingerprint density at radius 1 is 0.761 bits per heavy atom. The van der Waals surface area contributed by atoms with Crippen molar-refractivity contribution in [3.63, 3.8) is 0 Å². The van der Waals surface area contributed by atoms with Gasteiger partial charge in [-0.1, -0.05) is 117 Å². The lowest BCUT2D eigenvalue weighted by molar-refractivity contribution is -0.140. The average molecular weight is 611 g/mol. The van der Waals surface area contributed by atoms with Crippen LogP contribution in [0.4, 0.5) is 0 Å². The maximum absolute atomic E-state index is 14.8. The molecule has 2 aliphatic rings. The number of piperazine rings is 1. The first kappa shape index (κ1) is 30.0. The summed E-state index contributed by atoms with van der Waals surface area (Å²) in [7, 11) is 2.05. The smallest absolute Gasteiger partial charge is 0.255 e. The van der Waals surface area contributed by atoms with Crippen LogP contribution in [0.1, 0.15) is 65.0 Å². The number of benzene rings is 4. The highest BCUT2D eigenvalue weighted by molar-refractivity contribution is 6.03. The summed E-state index contributed by atoms with van der Waals surface area (Å²) in [6.45, 7) is 7.00. The second kappa shape index (κ2) is 12.6. The number of aryl methyl sites for hydroxylation is 1. The summed E-state index contributed by atoms with van der Waals surface area (Å²) in [6, 6.07) is 36.7. The zero-order chi connectivity index (χ0) is 31.8. The van der Waals surface area contributed by atoms with E-state index in [-0.39, 0.29) is 29.8 Å². The molecule has 6 nitrogen and oxygen atoms in total. The number of fused-ring (bicyclic) bond motifs is 2. The van der Waals surface area contributed by atoms with Crippen molar-refractivity contribution >= 4 is 22.7 Å². The van der Waals surface area contributed by atoms with Crippen LogP contribution in [0.5, 0.6) is 0 Å². The van der Waals surface area contributed by atoms with Crippen molar-refractivity contribution in [2.24, 2.45) is 13.0 Å². The first-order chi connectivity index (χ1) is 22.5. The van der Waals surface area contributed by atoms with E-state index < -0.39 is 6.04 Å². The van der Waals surface area contributed by atoms with Gasteiger partial charge >= 0.3 is 0 Å². The third-order valence-electron chi connectivity index (χ3n) is 10.2. The molecule has 3 atom stereocenters. The van der Waals surface area contributed by atoms with Crippen LogP contribution in [0.25, 0.3) is 10.9 Å². The van der Waals surface area contributed by atoms with Crippen molar-refractivity contribution in [2.45, 2.75) is 38.4 Å². The Labute approximate surface area is 271 Å². The van der Waals surface area contributed by atoms with E-state index in [9.17, 15) is 9.59 Å². The molecule has 3 unspecified atom stereocenters. The fraction of sp³-hybridized carbons (Fsp3) is 0.300. The molecule has 5 aromatic rings. The van der Waals surface area contributed by atoms with E-state index in [1.165, 1.54) is 11.1 Å². The van der Waals surface area contributed by atoms with Gasteiger partial charge in [0, 0.05) is 61.5 Å². The SMILES string of the molecule is CCC(C)C(C(=O)N1CCN(C(c2ccccc2)c2ccccc2)CC1)N1C(=O)c2ccccc2C1c1cn(C)c2ccccc12. The number of nitrogens with zero attached hydrogens (tertiary/aromatic N) is 4. The first-order valence-electron chi connectivity index (χ1n) is 16.6. The second-order valence-corrected chi connectivity index (χ2v) is 12.8. The Morgan fingerprint density at radius 2 is 1.35 bits per heavy atom. The molecule has 0 saturated carbocycles. The Hall–Kier alpha value is -4.68. The Balaban J connectivity index is 1.21. The third-order valence-corrected chi connectivity index (χ3v) is 10.2. The Kier molecular flexibility index (Phi) is 8.22. The molecule has 0 spiro atoms. The monoisotopic (exact) mass is 610 g/mol. The van der Waals surface area contributed by atoms with Gasteiger partial charge in [-0.15, -0.1) is 0 Å². The van der Waals surface area contributed by atoms with Crippen LogP contribution in [-0.4, -0.2) is 63.3 Å². The highest BCUT2D eigenvalue weighted by atomic mass is 16.2. The van der Waals surface area contributed by atoms with Gasteiger partial charge in [0.2, 0.25) is 5.91 Å². The highest BCUT2D eigenvalue weighted by Crippen LogP contribution is 2.44. The number of rotatable bonds is 8. The molecule has 4 aromatic carbocycles. The van der Waals surface area contributed by atoms with Crippen molar-refractivity contribution in [1.29, 1.82) is 0 Å². The molecule has 234 valence electrons. The number of hydrogen-bond donors (Lipinski definition) is 0. The van der Waals surface area contributed by atoms with E-state index in [4.69, 9.17) is 0 Å². The van der Waals surface area contributed by atoms with Crippen molar-refractivity contribution in [3.05, 3.63) is 143 Å². The van der Waals surface area contributed by atoms with Gasteiger partial charge in [0.1, 0.15) is 6.04 Å². The van der Waals surface area contributed by atoms with Crippen molar-refractivity contribution < 1.29 is 9.59 Å². The standard InChI is InChI=1S/C40H42N4O2/c1-4-28(2)36(40(46)43-25-23-42(24-26-43)37(29-15-7-5-8-16-29)30-17-9-6-10-18-30)44-38(32-20-11-12-21-33(32)39(44)45)34-27-41(3)35-22-14-13-19-31(34)35/h5-22,27-28,36-38H,4,23-26H2,1-3H3. The van der Waals surface area contributed by atoms with Gasteiger partial charge in [0.15, 0.2) is 0 Å². The molecule has 46 heavy (non-hydrogen) atoms. The minimum absolute atomic E-state index is 0.0114. The van der Waals surface area contributed by atoms with Crippen LogP contribution >= 0.6 is 0 Å². The van der Waals surface area contributed by atoms with Crippen LogP contribution in [-0.2, 0) is 11.8 Å². The predicted octanol–water partition coefficient (Wildman–Crippen LogP) is 7.07. The van der Waals surface area contributed by atoms with Gasteiger partial charge in [-0.2, -0.15) is 0 Å². The highest BCUT2D eigenvalue weighted by Gasteiger charge is 2.47. The molecule has 0 N–H and O–H groups in total. The molecule has 1 fully saturated rings. The first-order valence-corrected chi connectivity index (χ1v) is 16.6. The topological polar surface area (TPSA) is 48.8 Å². The summed E-state index contributed by atoms with van der Waals surface area (Å²) in [5.74, 6) is -0.0157. The molecular formula is C40H42N4O2. The van der Waals surface area contributed by atoms with Crippen LogP contribution in [0.15, 0.2) is 115 Å². The molecule has 0 bridgehead atoms. The average Bonchev–Trinajstić information content (AvgIpc) is 3.59. The molecule has 3 heterocycles. The fourth-order valence-electron chi connectivity index (χ4n) is 7.66. The van der Waals surface area contributed by atoms with Crippen molar-refractivity contribution in [3.8, 4) is 0 Å². The van der Waals surface area contributed by atoms with Crippen molar-refractivity contribution in [2.75, 3.05) is 26.2 Å². The normalized spacial score (nSPS) is 18.3. The quantitative estimate of drug-likeness (QED) is 0.189. The number of carbonyl (C=O) groups excluding carboxylic acids is 2. The summed E-state index contributed by atoms with van der Waals surface area (Å²) in [5, 5.41) is 1.11. The number of hydrogen-bond acceptors (Lipinski definition) is 3. The molecule has 7 rings (SSSR count). The van der Waals surface area contributed by atoms with E-state index in [2.05, 4.69) is 108 Å². The predicted molar refractivity (Wildman–Crippen MR) is 183 cm³/mol. The minimum atomic E-state index is -0.570. The van der Waals surface area contributed by atoms with Gasteiger partial charge in [-0.3, -0.25) is 14.5 Å². The van der Waals surface area contributed by atoms with Crippen LogP contribution in [0, 0.1) is 5.92 Å². The van der Waals surface area contributed by atoms with E-state index in [0.29, 0.717) is 18.7 Å². The van der Waals surface area contributed by atoms with E-state index >= 15 is 0 Å². The maximum Gasteiger partial charge on any atom is 0.255 e. The molecule has 1 aromatic heterocycles. The third kappa shape index (κ3) is 5.21. The van der Waals surface area contributed by atoms with Crippen molar-refractivity contribution in [1.82, 2.24) is 19.3 Å². The van der Waals surface area contributed by atoms with Gasteiger partial charge in [0.25, 0.3) is 5.91 Å². The molecule has 1 saturated heterocycles. The fourth-order valence-corrected chi connectivity index (χ4v) is 7.66. The number of para-hydroxylation sites is 1. The molecule has 2 amide bonds. The Bertz CT molecular complexity index is 1800. The van der Waals surface area contributed by atoms with E-state index in [1.807, 2.05) is 47.2 Å². The van der Waals surface area contributed by atoms with Crippen LogP contribution in [0.3, 0.4) is 0 Å². The molecule has 0 radical (unpaired) electrons. The summed E-state index contributed by atoms with van der Waals surface area (Å²) >= 11 is 0. The van der Waals surface area contributed by atoms with Crippen LogP contribution in [0.2, 0.25) is 0 Å². The number of carbonyl (C=O) groups is 2. The summed E-state index contributed by atoms with van der Waals surface area (Å²) in [6.07, 6.45) is 2.94. The largest absolute Gasteiger partial charge is 0.350 e. The number of aromatic nitrogens is 1. The summed E-state index contributed by atoms with van der Waals surface area (Å²) < 4.78 is 2.13. The van der Waals surface area contributed by atoms with Crippen LogP contribution < -0.4 is 0 Å². The zero-order valence-electron chi connectivity index (χ0n) is 26.9. The zero-order valence-corrected chi connectivity index (χ0v) is 26.9.